The molecule has 10 aromatic carbocycles. The zero-order valence-corrected chi connectivity index (χ0v) is 30.6. The number of rotatable bonds is 6. The van der Waals surface area contributed by atoms with Gasteiger partial charge in [0.15, 0.2) is 0 Å². The molecule has 0 aliphatic heterocycles. The van der Waals surface area contributed by atoms with Crippen LogP contribution in [0.3, 0.4) is 0 Å². The van der Waals surface area contributed by atoms with Gasteiger partial charge in [0, 0.05) is 27.6 Å². The van der Waals surface area contributed by atoms with Gasteiger partial charge >= 0.3 is 0 Å². The maximum atomic E-state index is 6.28. The molecule has 56 heavy (non-hydrogen) atoms. The molecule has 11 aromatic rings. The average molecular weight is 714 g/mol. The van der Waals surface area contributed by atoms with Gasteiger partial charge in [0.1, 0.15) is 11.2 Å². The molecule has 2 heteroatoms. The number of para-hydroxylation sites is 3. The summed E-state index contributed by atoms with van der Waals surface area (Å²) in [5.41, 5.74) is 12.1. The van der Waals surface area contributed by atoms with E-state index < -0.39 is 0 Å². The van der Waals surface area contributed by atoms with Gasteiger partial charge in [0.05, 0.1) is 11.4 Å². The molecule has 0 aliphatic carbocycles. The van der Waals surface area contributed by atoms with Gasteiger partial charge in [-0.1, -0.05) is 170 Å². The predicted octanol–water partition coefficient (Wildman–Crippen LogP) is 15.5. The van der Waals surface area contributed by atoms with Crippen LogP contribution in [0.5, 0.6) is 0 Å². The summed E-state index contributed by atoms with van der Waals surface area (Å²) in [6, 6.07) is 76.6. The van der Waals surface area contributed by atoms with E-state index in [0.717, 1.165) is 50.1 Å². The van der Waals surface area contributed by atoms with Gasteiger partial charge < -0.3 is 9.32 Å². The number of nitrogens with zero attached hydrogens (tertiary/aromatic N) is 1. The largest absolute Gasteiger partial charge is 0.456 e. The summed E-state index contributed by atoms with van der Waals surface area (Å²) in [5, 5.41) is 9.70. The van der Waals surface area contributed by atoms with Crippen molar-refractivity contribution in [2.75, 3.05) is 4.90 Å². The molecule has 0 bridgehead atoms. The molecule has 0 N–H and O–H groups in total. The van der Waals surface area contributed by atoms with E-state index in [4.69, 9.17) is 4.42 Å². The summed E-state index contributed by atoms with van der Waals surface area (Å²) in [5.74, 6) is 0. The molecule has 0 amide bonds. The van der Waals surface area contributed by atoms with Crippen molar-refractivity contribution in [1.29, 1.82) is 0 Å². The monoisotopic (exact) mass is 713 g/mol. The second kappa shape index (κ2) is 13.2. The second-order valence-corrected chi connectivity index (χ2v) is 14.4. The number of benzene rings is 10. The van der Waals surface area contributed by atoms with Crippen LogP contribution < -0.4 is 4.90 Å². The zero-order chi connectivity index (χ0) is 37.0. The van der Waals surface area contributed by atoms with E-state index in [9.17, 15) is 0 Å². The first-order valence-electron chi connectivity index (χ1n) is 19.2. The lowest BCUT2D eigenvalue weighted by Crippen LogP contribution is -2.12. The van der Waals surface area contributed by atoms with Crippen molar-refractivity contribution in [2.24, 2.45) is 0 Å². The number of anilines is 3. The van der Waals surface area contributed by atoms with Gasteiger partial charge in [-0.15, -0.1) is 0 Å². The molecular formula is C54H35NO. The Morgan fingerprint density at radius 3 is 1.61 bits per heavy atom. The van der Waals surface area contributed by atoms with Gasteiger partial charge in [0.2, 0.25) is 0 Å². The van der Waals surface area contributed by atoms with Gasteiger partial charge in [-0.05, 0) is 97.0 Å². The Morgan fingerprint density at radius 2 is 0.821 bits per heavy atom. The van der Waals surface area contributed by atoms with E-state index in [2.05, 4.69) is 205 Å². The van der Waals surface area contributed by atoms with E-state index in [1.54, 1.807) is 0 Å². The number of fused-ring (bicyclic) bond motifs is 7. The van der Waals surface area contributed by atoms with Crippen LogP contribution in [0.1, 0.15) is 0 Å². The highest BCUT2D eigenvalue weighted by molar-refractivity contribution is 6.16. The van der Waals surface area contributed by atoms with Crippen LogP contribution in [-0.4, -0.2) is 0 Å². The third-order valence-corrected chi connectivity index (χ3v) is 11.3. The third-order valence-electron chi connectivity index (χ3n) is 11.3. The number of furan rings is 1. The minimum absolute atomic E-state index is 0.898. The molecule has 0 fully saturated rings. The maximum Gasteiger partial charge on any atom is 0.136 e. The van der Waals surface area contributed by atoms with E-state index in [0.29, 0.717) is 0 Å². The van der Waals surface area contributed by atoms with Crippen LogP contribution >= 0.6 is 0 Å². The molecule has 1 aromatic heterocycles. The summed E-state index contributed by atoms with van der Waals surface area (Å²) in [7, 11) is 0. The highest BCUT2D eigenvalue weighted by Gasteiger charge is 2.23. The quantitative estimate of drug-likeness (QED) is 0.160. The molecule has 0 unspecified atom stereocenters. The minimum atomic E-state index is 0.898. The fraction of sp³-hybridized carbons (Fsp3) is 0. The first kappa shape index (κ1) is 32.0. The fourth-order valence-electron chi connectivity index (χ4n) is 8.74. The van der Waals surface area contributed by atoms with E-state index in [1.165, 1.54) is 54.6 Å². The Balaban J connectivity index is 1.16. The normalized spacial score (nSPS) is 11.6. The maximum absolute atomic E-state index is 6.28. The van der Waals surface area contributed by atoms with Gasteiger partial charge in [-0.3, -0.25) is 0 Å². The molecule has 262 valence electrons. The SMILES string of the molecule is c1ccc(N(c2ccc(-c3cccc4oc5ccccc5c34)cc2)c2ccccc2-c2cc3ccccc3c3ccccc23)c(-c2cccc3ccccc23)c1. The topological polar surface area (TPSA) is 16.4 Å². The number of hydrogen-bond acceptors (Lipinski definition) is 2. The van der Waals surface area contributed by atoms with Crippen molar-refractivity contribution in [3.63, 3.8) is 0 Å². The van der Waals surface area contributed by atoms with Crippen LogP contribution in [0.2, 0.25) is 0 Å². The molecule has 0 aliphatic rings. The molecule has 1 heterocycles. The summed E-state index contributed by atoms with van der Waals surface area (Å²) in [4.78, 5) is 2.45. The van der Waals surface area contributed by atoms with Crippen LogP contribution in [-0.2, 0) is 0 Å². The Labute approximate surface area is 325 Å². The smallest absolute Gasteiger partial charge is 0.136 e. The highest BCUT2D eigenvalue weighted by Crippen LogP contribution is 2.48. The number of hydrogen-bond donors (Lipinski definition) is 0. The lowest BCUT2D eigenvalue weighted by molar-refractivity contribution is 0.669. The molecule has 11 rings (SSSR count). The van der Waals surface area contributed by atoms with Crippen molar-refractivity contribution in [1.82, 2.24) is 0 Å². The standard InChI is InChI=1S/C54H35NO/c1-3-18-40-36(15-1)17-13-26-44(40)46-22-7-10-27-50(46)55(39-33-31-37(32-34-39)42-25-14-30-53-54(42)48-24-9-12-29-52(48)56-53)51-28-11-8-23-47(51)49-35-38-16-2-4-19-41(38)43-20-5-6-21-45(43)49/h1-35H. The average Bonchev–Trinajstić information content (AvgIpc) is 3.66. The Bertz CT molecular complexity index is 3260. The van der Waals surface area contributed by atoms with Crippen molar-refractivity contribution >= 4 is 71.3 Å². The highest BCUT2D eigenvalue weighted by atomic mass is 16.3. The van der Waals surface area contributed by atoms with Crippen LogP contribution in [0, 0.1) is 0 Å². The molecule has 0 atom stereocenters. The van der Waals surface area contributed by atoms with Crippen LogP contribution in [0.4, 0.5) is 17.1 Å². The van der Waals surface area contributed by atoms with Crippen molar-refractivity contribution < 1.29 is 4.42 Å². The van der Waals surface area contributed by atoms with Crippen LogP contribution in [0.25, 0.3) is 87.6 Å². The van der Waals surface area contributed by atoms with Gasteiger partial charge in [-0.2, -0.15) is 0 Å². The van der Waals surface area contributed by atoms with E-state index >= 15 is 0 Å². The van der Waals surface area contributed by atoms with Crippen molar-refractivity contribution in [2.45, 2.75) is 0 Å². The first-order chi connectivity index (χ1) is 27.8. The zero-order valence-electron chi connectivity index (χ0n) is 30.6. The lowest BCUT2D eigenvalue weighted by Gasteiger charge is -2.30. The molecule has 0 saturated carbocycles. The summed E-state index contributed by atoms with van der Waals surface area (Å²) < 4.78 is 6.28. The second-order valence-electron chi connectivity index (χ2n) is 14.4. The summed E-state index contributed by atoms with van der Waals surface area (Å²) in [6.07, 6.45) is 0. The summed E-state index contributed by atoms with van der Waals surface area (Å²) in [6.45, 7) is 0. The lowest BCUT2D eigenvalue weighted by atomic mass is 9.91. The van der Waals surface area contributed by atoms with Gasteiger partial charge in [-0.25, -0.2) is 0 Å². The molecule has 2 nitrogen and oxygen atoms in total. The Hall–Kier alpha value is -7.42. The Kier molecular flexibility index (Phi) is 7.53. The Morgan fingerprint density at radius 1 is 0.304 bits per heavy atom. The molecular weight excluding hydrogens is 679 g/mol. The van der Waals surface area contributed by atoms with Crippen LogP contribution in [0.15, 0.2) is 217 Å². The van der Waals surface area contributed by atoms with E-state index in [-0.39, 0.29) is 0 Å². The molecule has 0 saturated heterocycles. The first-order valence-corrected chi connectivity index (χ1v) is 19.2. The molecule has 0 spiro atoms. The van der Waals surface area contributed by atoms with E-state index in [1.807, 2.05) is 12.1 Å². The molecule has 0 radical (unpaired) electrons. The fourth-order valence-corrected chi connectivity index (χ4v) is 8.74. The van der Waals surface area contributed by atoms with Gasteiger partial charge in [0.25, 0.3) is 0 Å². The minimum Gasteiger partial charge on any atom is -0.456 e. The third kappa shape index (κ3) is 5.19. The van der Waals surface area contributed by atoms with Crippen molar-refractivity contribution in [3.05, 3.63) is 212 Å². The predicted molar refractivity (Wildman–Crippen MR) is 237 cm³/mol. The summed E-state index contributed by atoms with van der Waals surface area (Å²) >= 11 is 0. The van der Waals surface area contributed by atoms with Crippen molar-refractivity contribution in [3.8, 4) is 33.4 Å².